The third-order valence-corrected chi connectivity index (χ3v) is 12.9. The second-order valence-electron chi connectivity index (χ2n) is 6.71. The molecule has 0 saturated carbocycles. The van der Waals surface area contributed by atoms with Gasteiger partial charge < -0.3 is 4.23 Å². The molecule has 0 fully saturated rings. The fourth-order valence-corrected chi connectivity index (χ4v) is 11.3. The van der Waals surface area contributed by atoms with Crippen LogP contribution in [0.4, 0.5) is 0 Å². The van der Waals surface area contributed by atoms with Crippen LogP contribution in [0.3, 0.4) is 0 Å². The number of aromatic nitrogens is 2. The zero-order valence-corrected chi connectivity index (χ0v) is 17.5. The van der Waals surface area contributed by atoms with Crippen LogP contribution in [-0.2, 0) is 0 Å². The fraction of sp³-hybridized carbons (Fsp3) is 0.562. The van der Waals surface area contributed by atoms with Crippen LogP contribution in [0, 0.1) is 3.70 Å². The molecular formula is C16H24ClIN2Si. The standard InChI is InChI=1S/C16H24ClIN2Si/c1-10(2)21(11(3)4,12(5)6)20-8-7-13-9-14(17)15(18)19-16(13)20/h7-12H,1-6H3. The summed E-state index contributed by atoms with van der Waals surface area (Å²) in [5.74, 6) is 0. The van der Waals surface area contributed by atoms with Gasteiger partial charge in [-0.25, -0.2) is 4.98 Å². The van der Waals surface area contributed by atoms with Crippen molar-refractivity contribution >= 4 is 53.5 Å². The van der Waals surface area contributed by atoms with Crippen molar-refractivity contribution in [2.24, 2.45) is 0 Å². The molecule has 21 heavy (non-hydrogen) atoms. The van der Waals surface area contributed by atoms with E-state index in [1.54, 1.807) is 0 Å². The average molecular weight is 435 g/mol. The molecule has 0 aliphatic carbocycles. The zero-order valence-electron chi connectivity index (χ0n) is 13.6. The topological polar surface area (TPSA) is 17.8 Å². The number of pyridine rings is 1. The molecule has 2 heterocycles. The van der Waals surface area contributed by atoms with Gasteiger partial charge in [-0.15, -0.1) is 0 Å². The Morgan fingerprint density at radius 3 is 2.10 bits per heavy atom. The summed E-state index contributed by atoms with van der Waals surface area (Å²) in [6, 6.07) is 4.21. The largest absolute Gasteiger partial charge is 0.359 e. The summed E-state index contributed by atoms with van der Waals surface area (Å²) in [5, 5.41) is 1.89. The molecule has 2 rings (SSSR count). The summed E-state index contributed by atoms with van der Waals surface area (Å²) in [5.41, 5.74) is 3.07. The molecule has 0 aliphatic rings. The molecule has 116 valence electrons. The lowest BCUT2D eigenvalue weighted by atomic mass is 10.3. The minimum atomic E-state index is -1.75. The Morgan fingerprint density at radius 2 is 1.62 bits per heavy atom. The summed E-state index contributed by atoms with van der Waals surface area (Å²) in [6.07, 6.45) is 2.25. The van der Waals surface area contributed by atoms with E-state index in [1.807, 2.05) is 6.07 Å². The minimum Gasteiger partial charge on any atom is -0.359 e. The van der Waals surface area contributed by atoms with Gasteiger partial charge in [0, 0.05) is 5.39 Å². The number of hydrogen-bond donors (Lipinski definition) is 0. The van der Waals surface area contributed by atoms with Gasteiger partial charge in [-0.1, -0.05) is 53.1 Å². The second-order valence-corrected chi connectivity index (χ2v) is 13.9. The van der Waals surface area contributed by atoms with E-state index in [0.717, 1.165) is 19.8 Å². The first-order chi connectivity index (χ1) is 9.72. The highest BCUT2D eigenvalue weighted by Gasteiger charge is 2.45. The molecule has 2 aromatic heterocycles. The number of halogens is 2. The first kappa shape index (κ1) is 17.3. The first-order valence-corrected chi connectivity index (χ1v) is 11.2. The number of hydrogen-bond acceptors (Lipinski definition) is 1. The van der Waals surface area contributed by atoms with Crippen LogP contribution < -0.4 is 0 Å². The van der Waals surface area contributed by atoms with E-state index in [-0.39, 0.29) is 0 Å². The maximum Gasteiger partial charge on any atom is 0.171 e. The van der Waals surface area contributed by atoms with Gasteiger partial charge in [0.05, 0.1) is 5.02 Å². The number of rotatable bonds is 4. The molecule has 0 bridgehead atoms. The van der Waals surface area contributed by atoms with Crippen LogP contribution in [0.2, 0.25) is 21.6 Å². The lowest BCUT2D eigenvalue weighted by molar-refractivity contribution is 0.770. The Labute approximate surface area is 147 Å². The van der Waals surface area contributed by atoms with Crippen LogP contribution in [-0.4, -0.2) is 17.5 Å². The van der Waals surface area contributed by atoms with Crippen LogP contribution >= 0.6 is 34.2 Å². The van der Waals surface area contributed by atoms with E-state index in [1.165, 1.54) is 0 Å². The van der Waals surface area contributed by atoms with Gasteiger partial charge >= 0.3 is 0 Å². The van der Waals surface area contributed by atoms with E-state index in [4.69, 9.17) is 16.6 Å². The predicted octanol–water partition coefficient (Wildman–Crippen LogP) is 6.32. The van der Waals surface area contributed by atoms with Crippen molar-refractivity contribution < 1.29 is 0 Å². The van der Waals surface area contributed by atoms with Crippen LogP contribution in [0.25, 0.3) is 11.0 Å². The van der Waals surface area contributed by atoms with E-state index >= 15 is 0 Å². The maximum absolute atomic E-state index is 6.23. The first-order valence-electron chi connectivity index (χ1n) is 7.56. The molecule has 2 aromatic rings. The molecule has 0 amide bonds. The molecular weight excluding hydrogens is 411 g/mol. The van der Waals surface area contributed by atoms with Crippen molar-refractivity contribution in [1.82, 2.24) is 9.22 Å². The van der Waals surface area contributed by atoms with Gasteiger partial charge in [0.1, 0.15) is 9.35 Å². The smallest absolute Gasteiger partial charge is 0.171 e. The highest BCUT2D eigenvalue weighted by molar-refractivity contribution is 14.1. The fourth-order valence-electron chi connectivity index (χ4n) is 4.16. The summed E-state index contributed by atoms with van der Waals surface area (Å²) < 4.78 is 3.42. The lowest BCUT2D eigenvalue weighted by Crippen LogP contribution is -2.51. The average Bonchev–Trinajstić information content (AvgIpc) is 2.73. The quantitative estimate of drug-likeness (QED) is 0.313. The Morgan fingerprint density at radius 1 is 1.10 bits per heavy atom. The van der Waals surface area contributed by atoms with Gasteiger partial charge in [0.2, 0.25) is 0 Å². The monoisotopic (exact) mass is 434 g/mol. The van der Waals surface area contributed by atoms with Crippen molar-refractivity contribution in [3.8, 4) is 0 Å². The van der Waals surface area contributed by atoms with E-state index in [9.17, 15) is 0 Å². The molecule has 0 aliphatic heterocycles. The normalized spacial score (nSPS) is 13.1. The molecule has 0 spiro atoms. The van der Waals surface area contributed by atoms with Gasteiger partial charge in [0.25, 0.3) is 0 Å². The van der Waals surface area contributed by atoms with E-state index in [2.05, 4.69) is 80.6 Å². The summed E-state index contributed by atoms with van der Waals surface area (Å²) in [6.45, 7) is 14.2. The molecule has 0 radical (unpaired) electrons. The number of nitrogens with zero attached hydrogens (tertiary/aromatic N) is 2. The third-order valence-electron chi connectivity index (χ3n) is 4.76. The van der Waals surface area contributed by atoms with E-state index < -0.39 is 8.24 Å². The Balaban J connectivity index is 2.80. The lowest BCUT2D eigenvalue weighted by Gasteiger charge is -2.44. The molecule has 5 heteroatoms. The zero-order chi connectivity index (χ0) is 15.9. The van der Waals surface area contributed by atoms with Gasteiger partial charge in [-0.05, 0) is 57.5 Å². The number of fused-ring (bicyclic) bond motifs is 1. The minimum absolute atomic E-state index is 0.656. The van der Waals surface area contributed by atoms with Crippen molar-refractivity contribution in [3.63, 3.8) is 0 Å². The van der Waals surface area contributed by atoms with Crippen molar-refractivity contribution in [1.29, 1.82) is 0 Å². The second kappa shape index (κ2) is 6.20. The van der Waals surface area contributed by atoms with Crippen molar-refractivity contribution in [3.05, 3.63) is 27.1 Å². The summed E-state index contributed by atoms with van der Waals surface area (Å²) in [7, 11) is -1.75. The molecule has 0 unspecified atom stereocenters. The van der Waals surface area contributed by atoms with Gasteiger partial charge in [-0.3, -0.25) is 0 Å². The Hall–Kier alpha value is -0.0731. The van der Waals surface area contributed by atoms with Crippen molar-refractivity contribution in [2.45, 2.75) is 58.2 Å². The molecule has 0 saturated heterocycles. The predicted molar refractivity (Wildman–Crippen MR) is 104 cm³/mol. The Kier molecular flexibility index (Phi) is 5.10. The highest BCUT2D eigenvalue weighted by atomic mass is 127. The molecule has 2 nitrogen and oxygen atoms in total. The highest BCUT2D eigenvalue weighted by Crippen LogP contribution is 2.44. The molecule has 0 atom stereocenters. The summed E-state index contributed by atoms with van der Waals surface area (Å²) in [4.78, 5) is 4.80. The van der Waals surface area contributed by atoms with Gasteiger partial charge in [0.15, 0.2) is 8.24 Å². The van der Waals surface area contributed by atoms with E-state index in [0.29, 0.717) is 16.6 Å². The molecule has 0 aromatic carbocycles. The van der Waals surface area contributed by atoms with Crippen molar-refractivity contribution in [2.75, 3.05) is 0 Å². The summed E-state index contributed by atoms with van der Waals surface area (Å²) >= 11 is 8.46. The van der Waals surface area contributed by atoms with Crippen LogP contribution in [0.15, 0.2) is 18.3 Å². The van der Waals surface area contributed by atoms with Crippen LogP contribution in [0.1, 0.15) is 41.5 Å². The van der Waals surface area contributed by atoms with Crippen LogP contribution in [0.5, 0.6) is 0 Å². The maximum atomic E-state index is 6.23. The third kappa shape index (κ3) is 2.68. The molecule has 0 N–H and O–H groups in total. The Bertz CT molecular complexity index is 627. The SMILES string of the molecule is CC(C)[Si](C(C)C)(C(C)C)n1ccc2cc(Cl)c(I)nc21. The van der Waals surface area contributed by atoms with Gasteiger partial charge in [-0.2, -0.15) is 0 Å².